The monoisotopic (exact) mass is 474 g/mol. The number of H-pyrrole nitrogens is 1. The Hall–Kier alpha value is -4.02. The van der Waals surface area contributed by atoms with Gasteiger partial charge >= 0.3 is 6.18 Å². The van der Waals surface area contributed by atoms with Gasteiger partial charge in [0.1, 0.15) is 34.0 Å². The minimum absolute atomic E-state index is 0.0694. The molecule has 0 atom stereocenters. The van der Waals surface area contributed by atoms with E-state index in [1.54, 1.807) is 12.1 Å². The van der Waals surface area contributed by atoms with Crippen LogP contribution < -0.4 is 20.1 Å². The lowest BCUT2D eigenvalue weighted by molar-refractivity contribution is -0.138. The minimum Gasteiger partial charge on any atom is -0.497 e. The van der Waals surface area contributed by atoms with Gasteiger partial charge in [-0.2, -0.15) is 13.2 Å². The number of nitrogens with zero attached hydrogens (tertiary/aromatic N) is 1. The number of aromatic nitrogens is 2. The molecule has 1 aliphatic rings. The fraction of sp³-hybridized carbons (Fsp3) is 0.261. The maximum atomic E-state index is 13.4. The fourth-order valence-electron chi connectivity index (χ4n) is 3.30. The van der Waals surface area contributed by atoms with Crippen LogP contribution in [0.5, 0.6) is 17.2 Å². The highest BCUT2D eigenvalue weighted by atomic mass is 19.4. The van der Waals surface area contributed by atoms with E-state index < -0.39 is 23.2 Å². The number of hydrogen-bond acceptors (Lipinski definition) is 5. The summed E-state index contributed by atoms with van der Waals surface area (Å²) in [6.07, 6.45) is -0.819. The molecule has 34 heavy (non-hydrogen) atoms. The van der Waals surface area contributed by atoms with Gasteiger partial charge in [0.15, 0.2) is 0 Å². The number of aromatic amines is 1. The lowest BCUT2D eigenvalue weighted by atomic mass is 10.1. The van der Waals surface area contributed by atoms with Gasteiger partial charge in [0.05, 0.1) is 19.6 Å². The molecule has 11 heteroatoms. The maximum absolute atomic E-state index is 13.4. The van der Waals surface area contributed by atoms with Crippen molar-refractivity contribution in [2.24, 2.45) is 0 Å². The molecule has 0 radical (unpaired) electrons. The molecule has 1 aromatic heterocycles. The van der Waals surface area contributed by atoms with Crippen LogP contribution in [0, 0.1) is 0 Å². The zero-order valence-corrected chi connectivity index (χ0v) is 18.0. The summed E-state index contributed by atoms with van der Waals surface area (Å²) in [5, 5.41) is 5.51. The summed E-state index contributed by atoms with van der Waals surface area (Å²) >= 11 is 0. The third-order valence-electron chi connectivity index (χ3n) is 5.38. The Morgan fingerprint density at radius 2 is 1.82 bits per heavy atom. The molecule has 0 bridgehead atoms. The highest BCUT2D eigenvalue weighted by Gasteiger charge is 2.51. The normalized spacial score (nSPS) is 14.2. The summed E-state index contributed by atoms with van der Waals surface area (Å²) in [7, 11) is 1.28. The standard InChI is InChI=1S/C23H21F3N4O4/c1-33-16-6-7-19(17(10-16)23(24,25)26)34-15-4-2-14(3-5-15)11-28-21(32)22(8-9-22)30-20(31)18-12-27-13-29-18/h2-7,10,12-13H,8-9,11H2,1H3,(H,27,29)(H,28,32)(H,30,31). The molecule has 0 saturated heterocycles. The molecule has 8 nitrogen and oxygen atoms in total. The lowest BCUT2D eigenvalue weighted by Gasteiger charge is -2.17. The smallest absolute Gasteiger partial charge is 0.420 e. The summed E-state index contributed by atoms with van der Waals surface area (Å²) in [4.78, 5) is 31.3. The van der Waals surface area contributed by atoms with Gasteiger partial charge < -0.3 is 25.1 Å². The molecule has 1 aliphatic carbocycles. The minimum atomic E-state index is -4.61. The van der Waals surface area contributed by atoms with Gasteiger partial charge in [-0.3, -0.25) is 9.59 Å². The predicted octanol–water partition coefficient (Wildman–Crippen LogP) is 3.81. The molecule has 2 amide bonds. The van der Waals surface area contributed by atoms with Gasteiger partial charge in [-0.05, 0) is 48.7 Å². The van der Waals surface area contributed by atoms with Crippen molar-refractivity contribution >= 4 is 11.8 Å². The molecule has 1 fully saturated rings. The lowest BCUT2D eigenvalue weighted by Crippen LogP contribution is -2.48. The number of alkyl halides is 3. The average Bonchev–Trinajstić information content (AvgIpc) is 3.38. The number of carbonyl (C=O) groups excluding carboxylic acids is 2. The number of nitrogens with one attached hydrogen (secondary N) is 3. The number of benzene rings is 2. The zero-order chi connectivity index (χ0) is 24.3. The maximum Gasteiger partial charge on any atom is 0.420 e. The Bertz CT molecular complexity index is 1170. The fourth-order valence-corrected chi connectivity index (χ4v) is 3.30. The van der Waals surface area contributed by atoms with Crippen molar-refractivity contribution in [1.82, 2.24) is 20.6 Å². The first-order valence-electron chi connectivity index (χ1n) is 10.3. The van der Waals surface area contributed by atoms with Crippen LogP contribution >= 0.6 is 0 Å². The molecule has 4 rings (SSSR count). The third kappa shape index (κ3) is 5.13. The van der Waals surface area contributed by atoms with E-state index in [1.807, 2.05) is 0 Å². The second kappa shape index (κ2) is 9.08. The van der Waals surface area contributed by atoms with Crippen LogP contribution in [0.4, 0.5) is 13.2 Å². The van der Waals surface area contributed by atoms with Crippen molar-refractivity contribution in [2.45, 2.75) is 31.1 Å². The van der Waals surface area contributed by atoms with Gasteiger partial charge in [0.25, 0.3) is 5.91 Å². The average molecular weight is 474 g/mol. The summed E-state index contributed by atoms with van der Waals surface area (Å²) in [6.45, 7) is 0.178. The van der Waals surface area contributed by atoms with Crippen molar-refractivity contribution in [3.8, 4) is 17.2 Å². The second-order valence-corrected chi connectivity index (χ2v) is 7.79. The van der Waals surface area contributed by atoms with Crippen LogP contribution in [0.3, 0.4) is 0 Å². The Morgan fingerprint density at radius 1 is 1.12 bits per heavy atom. The van der Waals surface area contributed by atoms with Crippen molar-refractivity contribution in [3.05, 3.63) is 71.8 Å². The van der Waals surface area contributed by atoms with E-state index in [-0.39, 0.29) is 35.4 Å². The van der Waals surface area contributed by atoms with E-state index in [0.29, 0.717) is 18.4 Å². The summed E-state index contributed by atoms with van der Waals surface area (Å²) < 4.78 is 50.4. The van der Waals surface area contributed by atoms with Crippen molar-refractivity contribution in [3.63, 3.8) is 0 Å². The van der Waals surface area contributed by atoms with Crippen molar-refractivity contribution in [2.75, 3.05) is 7.11 Å². The Morgan fingerprint density at radius 3 is 2.41 bits per heavy atom. The first kappa shape index (κ1) is 23.1. The molecular formula is C23H21F3N4O4. The Labute approximate surface area is 192 Å². The number of halogens is 3. The SMILES string of the molecule is COc1ccc(Oc2ccc(CNC(=O)C3(NC(=O)c4cnc[nH]4)CC3)cc2)c(C(F)(F)F)c1. The number of ether oxygens (including phenoxy) is 2. The van der Waals surface area contributed by atoms with Crippen LogP contribution in [0.25, 0.3) is 0 Å². The highest BCUT2D eigenvalue weighted by molar-refractivity contribution is 5.99. The molecule has 1 saturated carbocycles. The van der Waals surface area contributed by atoms with Gasteiger partial charge in [-0.1, -0.05) is 12.1 Å². The van der Waals surface area contributed by atoms with Crippen LogP contribution in [0.1, 0.15) is 34.5 Å². The van der Waals surface area contributed by atoms with Crippen molar-refractivity contribution in [1.29, 1.82) is 0 Å². The van der Waals surface area contributed by atoms with Gasteiger partial charge in [-0.25, -0.2) is 4.98 Å². The number of methoxy groups -OCH3 is 1. The van der Waals surface area contributed by atoms with E-state index >= 15 is 0 Å². The van der Waals surface area contributed by atoms with E-state index in [1.165, 1.54) is 43.9 Å². The van der Waals surface area contributed by atoms with E-state index in [0.717, 1.165) is 6.07 Å². The molecule has 3 aromatic rings. The molecular weight excluding hydrogens is 453 g/mol. The molecule has 0 spiro atoms. The third-order valence-corrected chi connectivity index (χ3v) is 5.38. The molecule has 178 valence electrons. The second-order valence-electron chi connectivity index (χ2n) is 7.79. The molecule has 1 heterocycles. The van der Waals surface area contributed by atoms with Crippen LogP contribution in [0.2, 0.25) is 0 Å². The van der Waals surface area contributed by atoms with Crippen LogP contribution in [0.15, 0.2) is 55.0 Å². The molecule has 2 aromatic carbocycles. The zero-order valence-electron chi connectivity index (χ0n) is 18.0. The predicted molar refractivity (Wildman–Crippen MR) is 114 cm³/mol. The highest BCUT2D eigenvalue weighted by Crippen LogP contribution is 2.40. The van der Waals surface area contributed by atoms with E-state index in [2.05, 4.69) is 20.6 Å². The molecule has 0 unspecified atom stereocenters. The first-order chi connectivity index (χ1) is 16.2. The van der Waals surface area contributed by atoms with Gasteiger partial charge in [-0.15, -0.1) is 0 Å². The number of imidazole rings is 1. The van der Waals surface area contributed by atoms with E-state index in [9.17, 15) is 22.8 Å². The molecule has 0 aliphatic heterocycles. The summed E-state index contributed by atoms with van der Waals surface area (Å²) in [5.74, 6) is -0.800. The quantitative estimate of drug-likeness (QED) is 0.461. The molecule has 3 N–H and O–H groups in total. The van der Waals surface area contributed by atoms with E-state index in [4.69, 9.17) is 9.47 Å². The van der Waals surface area contributed by atoms with Crippen LogP contribution in [-0.4, -0.2) is 34.4 Å². The number of rotatable bonds is 8. The largest absolute Gasteiger partial charge is 0.497 e. The van der Waals surface area contributed by atoms with Crippen LogP contribution in [-0.2, 0) is 17.5 Å². The number of carbonyl (C=O) groups is 2. The summed E-state index contributed by atoms with van der Waals surface area (Å²) in [5.41, 5.74) is -0.925. The van der Waals surface area contributed by atoms with Gasteiger partial charge in [0.2, 0.25) is 5.91 Å². The van der Waals surface area contributed by atoms with Crippen molar-refractivity contribution < 1.29 is 32.2 Å². The first-order valence-corrected chi connectivity index (χ1v) is 10.3. The number of amides is 2. The number of hydrogen-bond donors (Lipinski definition) is 3. The summed E-state index contributed by atoms with van der Waals surface area (Å²) in [6, 6.07) is 9.75. The van der Waals surface area contributed by atoms with Gasteiger partial charge in [0, 0.05) is 6.54 Å². The topological polar surface area (TPSA) is 105 Å². The Balaban J connectivity index is 1.36. The Kier molecular flexibility index (Phi) is 6.18.